The lowest BCUT2D eigenvalue weighted by atomic mass is 10.3. The lowest BCUT2D eigenvalue weighted by Gasteiger charge is -2.10. The van der Waals surface area contributed by atoms with E-state index in [1.54, 1.807) is 0 Å². The number of hydrogen-bond donors (Lipinski definition) is 0. The number of halogens is 5. The van der Waals surface area contributed by atoms with Crippen molar-refractivity contribution in [3.63, 3.8) is 0 Å². The van der Waals surface area contributed by atoms with Gasteiger partial charge in [-0.3, -0.25) is 0 Å². The van der Waals surface area contributed by atoms with Gasteiger partial charge >= 0.3 is 15.6 Å². The SMILES string of the molecule is O=S(=O)(Oc1cccc(F)c1I)C(F)(F)F. The fourth-order valence-corrected chi connectivity index (χ4v) is 1.80. The molecule has 0 aromatic heterocycles. The molecule has 0 atom stereocenters. The molecule has 0 aliphatic carbocycles. The summed E-state index contributed by atoms with van der Waals surface area (Å²) in [6, 6.07) is 2.93. The second-order valence-electron chi connectivity index (χ2n) is 2.54. The maximum absolute atomic E-state index is 12.9. The molecule has 0 spiro atoms. The van der Waals surface area contributed by atoms with Crippen LogP contribution in [0.5, 0.6) is 5.75 Å². The van der Waals surface area contributed by atoms with E-state index in [0.717, 1.165) is 18.2 Å². The first-order valence-electron chi connectivity index (χ1n) is 3.60. The molecule has 0 heterocycles. The molecule has 0 amide bonds. The van der Waals surface area contributed by atoms with Gasteiger partial charge in [-0.05, 0) is 34.7 Å². The summed E-state index contributed by atoms with van der Waals surface area (Å²) in [5, 5.41) is 0. The summed E-state index contributed by atoms with van der Waals surface area (Å²) >= 11 is 1.34. The number of benzene rings is 1. The standard InChI is InChI=1S/C7H3F4IO3S/c8-4-2-1-3-5(6(4)12)15-16(13,14)7(9,10)11/h1-3H. The summed E-state index contributed by atoms with van der Waals surface area (Å²) in [5.74, 6) is -1.56. The average molecular weight is 370 g/mol. The van der Waals surface area contributed by atoms with E-state index >= 15 is 0 Å². The highest BCUT2D eigenvalue weighted by molar-refractivity contribution is 14.1. The zero-order chi connectivity index (χ0) is 12.6. The monoisotopic (exact) mass is 370 g/mol. The molecule has 1 aromatic rings. The van der Waals surface area contributed by atoms with Gasteiger partial charge in [0.1, 0.15) is 5.82 Å². The number of hydrogen-bond acceptors (Lipinski definition) is 3. The van der Waals surface area contributed by atoms with Crippen molar-refractivity contribution >= 4 is 32.7 Å². The molecule has 3 nitrogen and oxygen atoms in total. The number of rotatable bonds is 2. The largest absolute Gasteiger partial charge is 0.534 e. The molecule has 0 radical (unpaired) electrons. The smallest absolute Gasteiger partial charge is 0.375 e. The molecule has 0 saturated carbocycles. The topological polar surface area (TPSA) is 43.4 Å². The Labute approximate surface area is 102 Å². The van der Waals surface area contributed by atoms with E-state index in [9.17, 15) is 26.0 Å². The van der Waals surface area contributed by atoms with Crippen LogP contribution >= 0.6 is 22.6 Å². The highest BCUT2D eigenvalue weighted by Crippen LogP contribution is 2.30. The Bertz CT molecular complexity index is 497. The Balaban J connectivity index is 3.12. The van der Waals surface area contributed by atoms with Crippen molar-refractivity contribution in [2.45, 2.75) is 5.51 Å². The van der Waals surface area contributed by atoms with Gasteiger partial charge in [-0.1, -0.05) is 6.07 Å². The van der Waals surface area contributed by atoms with Gasteiger partial charge < -0.3 is 4.18 Å². The minimum absolute atomic E-state index is 0.340. The first kappa shape index (κ1) is 13.5. The van der Waals surface area contributed by atoms with Gasteiger partial charge in [-0.15, -0.1) is 0 Å². The van der Waals surface area contributed by atoms with Gasteiger partial charge in [0.05, 0.1) is 3.57 Å². The predicted molar refractivity (Wildman–Crippen MR) is 54.7 cm³/mol. The van der Waals surface area contributed by atoms with Crippen molar-refractivity contribution in [1.29, 1.82) is 0 Å². The van der Waals surface area contributed by atoms with Crippen LogP contribution in [0.25, 0.3) is 0 Å². The quantitative estimate of drug-likeness (QED) is 0.348. The normalized spacial score (nSPS) is 12.6. The fourth-order valence-electron chi connectivity index (χ4n) is 0.714. The van der Waals surface area contributed by atoms with Crippen LogP contribution in [0, 0.1) is 9.39 Å². The van der Waals surface area contributed by atoms with E-state index in [1.807, 2.05) is 0 Å². The molecule has 0 aliphatic heterocycles. The molecule has 0 fully saturated rings. The molecule has 90 valence electrons. The van der Waals surface area contributed by atoms with E-state index in [-0.39, 0.29) is 3.57 Å². The first-order valence-corrected chi connectivity index (χ1v) is 6.08. The first-order chi connectivity index (χ1) is 7.15. The summed E-state index contributed by atoms with van der Waals surface area (Å²) in [5.41, 5.74) is -5.54. The summed E-state index contributed by atoms with van der Waals surface area (Å²) in [4.78, 5) is 0. The molecule has 1 aromatic carbocycles. The van der Waals surface area contributed by atoms with Gasteiger partial charge in [0.15, 0.2) is 5.75 Å². The van der Waals surface area contributed by atoms with Crippen molar-refractivity contribution in [1.82, 2.24) is 0 Å². The van der Waals surface area contributed by atoms with Crippen molar-refractivity contribution < 1.29 is 30.2 Å². The molecule has 0 N–H and O–H groups in total. The van der Waals surface area contributed by atoms with Gasteiger partial charge in [-0.25, -0.2) is 4.39 Å². The van der Waals surface area contributed by atoms with E-state index in [2.05, 4.69) is 4.18 Å². The average Bonchev–Trinajstić information content (AvgIpc) is 2.11. The predicted octanol–water partition coefficient (Wildman–Crippen LogP) is 2.66. The summed E-state index contributed by atoms with van der Waals surface area (Å²) in [6.45, 7) is 0. The Hall–Kier alpha value is -0.580. The van der Waals surface area contributed by atoms with Gasteiger partial charge in [0.25, 0.3) is 0 Å². The van der Waals surface area contributed by atoms with Crippen molar-refractivity contribution in [3.05, 3.63) is 27.6 Å². The molecule has 1 rings (SSSR count). The third-order valence-corrected chi connectivity index (χ3v) is 3.41. The molecular formula is C7H3F4IO3S. The van der Waals surface area contributed by atoms with Crippen LogP contribution in [0.1, 0.15) is 0 Å². The molecule has 0 saturated heterocycles. The lowest BCUT2D eigenvalue weighted by molar-refractivity contribution is -0.0500. The molecule has 0 aliphatic rings. The summed E-state index contributed by atoms with van der Waals surface area (Å²) in [6.07, 6.45) is 0. The number of alkyl halides is 3. The van der Waals surface area contributed by atoms with E-state index in [4.69, 9.17) is 0 Å². The fraction of sp³-hybridized carbons (Fsp3) is 0.143. The van der Waals surface area contributed by atoms with Crippen molar-refractivity contribution in [3.8, 4) is 5.75 Å². The van der Waals surface area contributed by atoms with Crippen LogP contribution in [0.3, 0.4) is 0 Å². The van der Waals surface area contributed by atoms with E-state index in [1.165, 1.54) is 22.6 Å². The van der Waals surface area contributed by atoms with E-state index in [0.29, 0.717) is 0 Å². The van der Waals surface area contributed by atoms with Crippen LogP contribution in [-0.4, -0.2) is 13.9 Å². The maximum Gasteiger partial charge on any atom is 0.534 e. The summed E-state index contributed by atoms with van der Waals surface area (Å²) in [7, 11) is -5.76. The van der Waals surface area contributed by atoms with Crippen LogP contribution < -0.4 is 4.18 Å². The van der Waals surface area contributed by atoms with Gasteiger partial charge in [-0.2, -0.15) is 21.6 Å². The molecule has 9 heteroatoms. The third-order valence-electron chi connectivity index (χ3n) is 1.40. The Kier molecular flexibility index (Phi) is 3.67. The Morgan fingerprint density at radius 2 is 1.81 bits per heavy atom. The van der Waals surface area contributed by atoms with Crippen LogP contribution in [0.15, 0.2) is 18.2 Å². The minimum atomic E-state index is -5.76. The highest BCUT2D eigenvalue weighted by Gasteiger charge is 2.48. The van der Waals surface area contributed by atoms with Crippen LogP contribution in [0.2, 0.25) is 0 Å². The van der Waals surface area contributed by atoms with Crippen molar-refractivity contribution in [2.75, 3.05) is 0 Å². The lowest BCUT2D eigenvalue weighted by Crippen LogP contribution is -2.28. The second kappa shape index (κ2) is 4.35. The highest BCUT2D eigenvalue weighted by atomic mass is 127. The van der Waals surface area contributed by atoms with E-state index < -0.39 is 27.2 Å². The molecule has 0 bridgehead atoms. The zero-order valence-corrected chi connectivity index (χ0v) is 10.2. The summed E-state index contributed by atoms with van der Waals surface area (Å²) < 4.78 is 73.4. The Morgan fingerprint density at radius 3 is 2.31 bits per heavy atom. The van der Waals surface area contributed by atoms with Gasteiger partial charge in [0, 0.05) is 0 Å². The Morgan fingerprint density at radius 1 is 1.25 bits per heavy atom. The van der Waals surface area contributed by atoms with Crippen molar-refractivity contribution in [2.24, 2.45) is 0 Å². The molecular weight excluding hydrogens is 367 g/mol. The third kappa shape index (κ3) is 2.75. The second-order valence-corrected chi connectivity index (χ2v) is 5.15. The van der Waals surface area contributed by atoms with Crippen LogP contribution in [0.4, 0.5) is 17.6 Å². The van der Waals surface area contributed by atoms with Crippen LogP contribution in [-0.2, 0) is 10.1 Å². The zero-order valence-electron chi connectivity index (χ0n) is 7.25. The maximum atomic E-state index is 12.9. The molecule has 16 heavy (non-hydrogen) atoms. The minimum Gasteiger partial charge on any atom is -0.375 e. The van der Waals surface area contributed by atoms with Gasteiger partial charge in [0.2, 0.25) is 0 Å². The molecule has 0 unspecified atom stereocenters.